The number of aryl methyl sites for hydroxylation is 2. The molecular weight excluding hydrogens is 310 g/mol. The number of carbonyl (C=O) groups excluding carboxylic acids is 2. The minimum absolute atomic E-state index is 0.123. The first-order valence-corrected chi connectivity index (χ1v) is 8.35. The van der Waals surface area contributed by atoms with E-state index in [1.807, 2.05) is 44.2 Å². The molecule has 5 nitrogen and oxygen atoms in total. The molecule has 0 radical (unpaired) electrons. The van der Waals surface area contributed by atoms with Crippen molar-refractivity contribution in [3.63, 3.8) is 0 Å². The van der Waals surface area contributed by atoms with Crippen molar-refractivity contribution >= 4 is 35.1 Å². The smallest absolute Gasteiger partial charge is 0.235 e. The maximum absolute atomic E-state index is 11.8. The second-order valence-corrected chi connectivity index (χ2v) is 6.16. The van der Waals surface area contributed by atoms with Crippen LogP contribution in [0, 0.1) is 13.8 Å². The molecule has 23 heavy (non-hydrogen) atoms. The van der Waals surface area contributed by atoms with Gasteiger partial charge in [0.1, 0.15) is 5.82 Å². The van der Waals surface area contributed by atoms with Crippen LogP contribution in [-0.4, -0.2) is 28.3 Å². The Hall–Kier alpha value is -2.34. The third-order valence-corrected chi connectivity index (χ3v) is 3.88. The molecule has 0 fully saturated rings. The van der Waals surface area contributed by atoms with E-state index in [1.165, 1.54) is 11.8 Å². The number of pyridine rings is 1. The summed E-state index contributed by atoms with van der Waals surface area (Å²) in [6.45, 7) is 3.90. The van der Waals surface area contributed by atoms with Gasteiger partial charge in [-0.1, -0.05) is 12.1 Å². The Bertz CT molecular complexity index is 644. The Morgan fingerprint density at radius 2 is 1.70 bits per heavy atom. The van der Waals surface area contributed by atoms with Crippen molar-refractivity contribution in [3.05, 3.63) is 53.7 Å². The number of rotatable bonds is 6. The van der Waals surface area contributed by atoms with Crippen LogP contribution in [0.25, 0.3) is 0 Å². The lowest BCUT2D eigenvalue weighted by Crippen LogP contribution is -2.18. The molecule has 6 heteroatoms. The number of carbonyl (C=O) groups is 2. The summed E-state index contributed by atoms with van der Waals surface area (Å²) in [5, 5.41) is 5.52. The number of benzene rings is 1. The van der Waals surface area contributed by atoms with Gasteiger partial charge in [-0.2, -0.15) is 0 Å². The molecule has 2 rings (SSSR count). The number of amides is 2. The molecular formula is C17H19N3O2S. The van der Waals surface area contributed by atoms with Crippen molar-refractivity contribution in [2.75, 3.05) is 22.1 Å². The van der Waals surface area contributed by atoms with E-state index in [-0.39, 0.29) is 23.3 Å². The quantitative estimate of drug-likeness (QED) is 0.854. The molecule has 0 atom stereocenters. The molecule has 1 aromatic heterocycles. The number of nitrogens with zero attached hydrogens (tertiary/aromatic N) is 1. The summed E-state index contributed by atoms with van der Waals surface area (Å²) in [7, 11) is 0. The van der Waals surface area contributed by atoms with E-state index >= 15 is 0 Å². The van der Waals surface area contributed by atoms with Gasteiger partial charge in [0.2, 0.25) is 11.8 Å². The first kappa shape index (κ1) is 17.0. The molecule has 1 aromatic carbocycles. The van der Waals surface area contributed by atoms with Crippen LogP contribution in [0.4, 0.5) is 11.5 Å². The summed E-state index contributed by atoms with van der Waals surface area (Å²) in [5.41, 5.74) is 2.88. The largest absolute Gasteiger partial charge is 0.325 e. The van der Waals surface area contributed by atoms with Gasteiger partial charge in [0.05, 0.1) is 11.5 Å². The Morgan fingerprint density at radius 1 is 1.00 bits per heavy atom. The topological polar surface area (TPSA) is 71.1 Å². The lowest BCUT2D eigenvalue weighted by Gasteiger charge is -2.07. The van der Waals surface area contributed by atoms with Crippen LogP contribution in [-0.2, 0) is 9.59 Å². The third kappa shape index (κ3) is 6.12. The highest BCUT2D eigenvalue weighted by molar-refractivity contribution is 8.00. The van der Waals surface area contributed by atoms with Gasteiger partial charge in [-0.05, 0) is 49.2 Å². The van der Waals surface area contributed by atoms with Gasteiger partial charge in [0.15, 0.2) is 0 Å². The van der Waals surface area contributed by atoms with Crippen molar-refractivity contribution in [3.8, 4) is 0 Å². The molecule has 0 spiro atoms. The average Bonchev–Trinajstić information content (AvgIpc) is 2.47. The van der Waals surface area contributed by atoms with E-state index in [1.54, 1.807) is 12.3 Å². The number of anilines is 2. The molecule has 120 valence electrons. The Labute approximate surface area is 139 Å². The molecule has 0 aliphatic rings. The molecule has 2 aromatic rings. The summed E-state index contributed by atoms with van der Waals surface area (Å²) in [6.07, 6.45) is 1.65. The number of aromatic nitrogens is 1. The van der Waals surface area contributed by atoms with Gasteiger partial charge in [0, 0.05) is 11.9 Å². The summed E-state index contributed by atoms with van der Waals surface area (Å²) in [6, 6.07) is 11.3. The fraction of sp³-hybridized carbons (Fsp3) is 0.235. The van der Waals surface area contributed by atoms with Crippen LogP contribution in [0.15, 0.2) is 42.6 Å². The van der Waals surface area contributed by atoms with Crippen LogP contribution >= 0.6 is 11.8 Å². The fourth-order valence-electron chi connectivity index (χ4n) is 1.94. The number of hydrogen-bond acceptors (Lipinski definition) is 4. The highest BCUT2D eigenvalue weighted by Crippen LogP contribution is 2.11. The molecule has 0 aliphatic carbocycles. The Balaban J connectivity index is 1.71. The highest BCUT2D eigenvalue weighted by atomic mass is 32.2. The van der Waals surface area contributed by atoms with Gasteiger partial charge in [-0.15, -0.1) is 11.8 Å². The zero-order valence-electron chi connectivity index (χ0n) is 13.1. The number of nitrogens with one attached hydrogen (secondary N) is 2. The number of hydrogen-bond donors (Lipinski definition) is 2. The van der Waals surface area contributed by atoms with Gasteiger partial charge in [-0.3, -0.25) is 9.59 Å². The summed E-state index contributed by atoms with van der Waals surface area (Å²) in [4.78, 5) is 27.7. The van der Waals surface area contributed by atoms with Crippen molar-refractivity contribution in [2.45, 2.75) is 13.8 Å². The number of thioether (sulfide) groups is 1. The first-order valence-electron chi connectivity index (χ1n) is 7.20. The highest BCUT2D eigenvalue weighted by Gasteiger charge is 2.07. The van der Waals surface area contributed by atoms with Gasteiger partial charge >= 0.3 is 0 Å². The van der Waals surface area contributed by atoms with Gasteiger partial charge in [-0.25, -0.2) is 4.98 Å². The van der Waals surface area contributed by atoms with E-state index < -0.39 is 0 Å². The fourth-order valence-corrected chi connectivity index (χ4v) is 2.56. The molecule has 2 amide bonds. The third-order valence-electron chi connectivity index (χ3n) is 2.95. The van der Waals surface area contributed by atoms with Crippen LogP contribution in [0.3, 0.4) is 0 Å². The predicted octanol–water partition coefficient (Wildman–Crippen LogP) is 3.01. The van der Waals surface area contributed by atoms with E-state index in [2.05, 4.69) is 15.6 Å². The molecule has 1 heterocycles. The van der Waals surface area contributed by atoms with E-state index in [0.29, 0.717) is 5.82 Å². The SMILES string of the molecule is Cc1cccc(NC(=O)CSCC(=O)Nc2cc(C)ccn2)c1. The minimum Gasteiger partial charge on any atom is -0.325 e. The standard InChI is InChI=1S/C17H19N3O2S/c1-12-4-3-5-14(8-12)19-16(21)10-23-11-17(22)20-15-9-13(2)6-7-18-15/h3-9H,10-11H2,1-2H3,(H,19,21)(H,18,20,22). The minimum atomic E-state index is -0.170. The first-order chi connectivity index (χ1) is 11.0. The second kappa shape index (κ2) is 8.33. The zero-order chi connectivity index (χ0) is 16.7. The predicted molar refractivity (Wildman–Crippen MR) is 94.7 cm³/mol. The van der Waals surface area contributed by atoms with Crippen LogP contribution in [0.1, 0.15) is 11.1 Å². The summed E-state index contributed by atoms with van der Waals surface area (Å²) < 4.78 is 0. The van der Waals surface area contributed by atoms with Crippen LogP contribution in [0.2, 0.25) is 0 Å². The lowest BCUT2D eigenvalue weighted by molar-refractivity contribution is -0.114. The molecule has 0 saturated heterocycles. The molecule has 0 saturated carbocycles. The molecule has 0 unspecified atom stereocenters. The monoisotopic (exact) mass is 329 g/mol. The van der Waals surface area contributed by atoms with Crippen molar-refractivity contribution in [1.82, 2.24) is 4.98 Å². The Kier molecular flexibility index (Phi) is 6.17. The van der Waals surface area contributed by atoms with Crippen LogP contribution in [0.5, 0.6) is 0 Å². The van der Waals surface area contributed by atoms with Gasteiger partial charge < -0.3 is 10.6 Å². The summed E-state index contributed by atoms with van der Waals surface area (Å²) >= 11 is 1.26. The molecule has 0 aliphatic heterocycles. The van der Waals surface area contributed by atoms with Crippen LogP contribution < -0.4 is 10.6 Å². The van der Waals surface area contributed by atoms with E-state index in [9.17, 15) is 9.59 Å². The average molecular weight is 329 g/mol. The second-order valence-electron chi connectivity index (χ2n) is 5.18. The molecule has 0 bridgehead atoms. The zero-order valence-corrected chi connectivity index (χ0v) is 13.9. The van der Waals surface area contributed by atoms with E-state index in [0.717, 1.165) is 16.8 Å². The normalized spacial score (nSPS) is 10.2. The van der Waals surface area contributed by atoms with Gasteiger partial charge in [0.25, 0.3) is 0 Å². The summed E-state index contributed by atoms with van der Waals surface area (Å²) in [5.74, 6) is 0.665. The maximum Gasteiger partial charge on any atom is 0.235 e. The van der Waals surface area contributed by atoms with Crippen molar-refractivity contribution in [1.29, 1.82) is 0 Å². The van der Waals surface area contributed by atoms with Crippen molar-refractivity contribution in [2.24, 2.45) is 0 Å². The molecule has 2 N–H and O–H groups in total. The van der Waals surface area contributed by atoms with Crippen molar-refractivity contribution < 1.29 is 9.59 Å². The Morgan fingerprint density at radius 3 is 2.39 bits per heavy atom. The lowest BCUT2D eigenvalue weighted by atomic mass is 10.2. The maximum atomic E-state index is 11.8. The van der Waals surface area contributed by atoms with E-state index in [4.69, 9.17) is 0 Å².